The van der Waals surface area contributed by atoms with E-state index in [-0.39, 0.29) is 28.4 Å². The van der Waals surface area contributed by atoms with Crippen molar-refractivity contribution in [3.05, 3.63) is 34.7 Å². The molecule has 0 bridgehead atoms. The predicted molar refractivity (Wildman–Crippen MR) is 96.4 cm³/mol. The number of aromatic nitrogens is 3. The summed E-state index contributed by atoms with van der Waals surface area (Å²) < 4.78 is 40.5. The van der Waals surface area contributed by atoms with Crippen molar-refractivity contribution in [2.45, 2.75) is 25.7 Å². The largest absolute Gasteiger partial charge is 0.406 e. The Morgan fingerprint density at radius 2 is 2.00 bits per heavy atom. The molecule has 27 heavy (non-hydrogen) atoms. The van der Waals surface area contributed by atoms with Crippen LogP contribution in [-0.4, -0.2) is 45.6 Å². The first-order valence-electron chi connectivity index (χ1n) is 8.02. The third kappa shape index (κ3) is 4.14. The van der Waals surface area contributed by atoms with Crippen molar-refractivity contribution in [2.75, 3.05) is 14.1 Å². The minimum atomic E-state index is -4.45. The zero-order chi connectivity index (χ0) is 19.9. The van der Waals surface area contributed by atoms with E-state index < -0.39 is 18.6 Å². The summed E-state index contributed by atoms with van der Waals surface area (Å²) in [4.78, 5) is 21.4. The van der Waals surface area contributed by atoms with Gasteiger partial charge in [0.1, 0.15) is 23.4 Å². The van der Waals surface area contributed by atoms with Crippen molar-refractivity contribution in [3.63, 3.8) is 0 Å². The molecular formula is C17H17ClF3N5O. The van der Waals surface area contributed by atoms with Gasteiger partial charge in [-0.1, -0.05) is 17.7 Å². The SMILES string of the molecule is CN(C)Cc1ccc2c(c1)c1nc(CC(N)=O)nc(Cl)c1n2CC(F)(F)F. The van der Waals surface area contributed by atoms with Crippen LogP contribution in [0.1, 0.15) is 11.4 Å². The van der Waals surface area contributed by atoms with Crippen molar-refractivity contribution in [3.8, 4) is 0 Å². The van der Waals surface area contributed by atoms with Gasteiger partial charge in [-0.25, -0.2) is 9.97 Å². The second kappa shape index (κ2) is 6.97. The average molecular weight is 400 g/mol. The van der Waals surface area contributed by atoms with Crippen LogP contribution in [0, 0.1) is 0 Å². The topological polar surface area (TPSA) is 77.0 Å². The highest BCUT2D eigenvalue weighted by atomic mass is 35.5. The Morgan fingerprint density at radius 3 is 2.59 bits per heavy atom. The number of nitrogens with two attached hydrogens (primary N) is 1. The number of alkyl halides is 3. The van der Waals surface area contributed by atoms with Crippen LogP contribution >= 0.6 is 11.6 Å². The fraction of sp³-hybridized carbons (Fsp3) is 0.353. The summed E-state index contributed by atoms with van der Waals surface area (Å²) in [7, 11) is 3.78. The zero-order valence-electron chi connectivity index (χ0n) is 14.6. The third-order valence-corrected chi connectivity index (χ3v) is 4.20. The van der Waals surface area contributed by atoms with Gasteiger partial charge in [-0.3, -0.25) is 4.79 Å². The van der Waals surface area contributed by atoms with Crippen LogP contribution in [0.2, 0.25) is 5.15 Å². The molecule has 3 rings (SSSR count). The summed E-state index contributed by atoms with van der Waals surface area (Å²) in [5.74, 6) is -0.582. The highest BCUT2D eigenvalue weighted by Gasteiger charge is 2.31. The summed E-state index contributed by atoms with van der Waals surface area (Å²) in [5.41, 5.74) is 6.78. The van der Waals surface area contributed by atoms with Crippen molar-refractivity contribution < 1.29 is 18.0 Å². The number of carbonyl (C=O) groups is 1. The van der Waals surface area contributed by atoms with Crippen LogP contribution in [0.15, 0.2) is 18.2 Å². The molecular weight excluding hydrogens is 383 g/mol. The number of fused-ring (bicyclic) bond motifs is 3. The lowest BCUT2D eigenvalue weighted by Crippen LogP contribution is -2.18. The lowest BCUT2D eigenvalue weighted by Gasteiger charge is -2.12. The Hall–Kier alpha value is -2.39. The number of amides is 1. The van der Waals surface area contributed by atoms with E-state index in [9.17, 15) is 18.0 Å². The van der Waals surface area contributed by atoms with Crippen molar-refractivity contribution in [1.82, 2.24) is 19.4 Å². The number of rotatable bonds is 5. The fourth-order valence-electron chi connectivity index (χ4n) is 3.07. The molecule has 0 spiro atoms. The van der Waals surface area contributed by atoms with Gasteiger partial charge in [-0.2, -0.15) is 13.2 Å². The fourth-order valence-corrected chi connectivity index (χ4v) is 3.36. The zero-order valence-corrected chi connectivity index (χ0v) is 15.4. The number of hydrogen-bond donors (Lipinski definition) is 1. The molecule has 2 aromatic heterocycles. The molecule has 0 radical (unpaired) electrons. The number of halogens is 4. The molecule has 0 atom stereocenters. The molecule has 0 saturated heterocycles. The Kier molecular flexibility index (Phi) is 5.00. The van der Waals surface area contributed by atoms with E-state index in [1.807, 2.05) is 19.0 Å². The Balaban J connectivity index is 2.32. The molecule has 0 fully saturated rings. The number of benzene rings is 1. The van der Waals surface area contributed by atoms with Gasteiger partial charge >= 0.3 is 6.18 Å². The van der Waals surface area contributed by atoms with Crippen LogP contribution in [-0.2, 0) is 24.3 Å². The molecule has 1 aromatic carbocycles. The van der Waals surface area contributed by atoms with Crippen LogP contribution in [0.5, 0.6) is 0 Å². The molecule has 2 heterocycles. The van der Waals surface area contributed by atoms with E-state index in [4.69, 9.17) is 17.3 Å². The molecule has 3 aromatic rings. The maximum Gasteiger partial charge on any atom is 0.406 e. The maximum absolute atomic E-state index is 13.1. The first kappa shape index (κ1) is 19.4. The molecule has 0 aliphatic heterocycles. The summed E-state index contributed by atoms with van der Waals surface area (Å²) in [5, 5.41) is 0.370. The van der Waals surface area contributed by atoms with Gasteiger partial charge < -0.3 is 15.2 Å². The van der Waals surface area contributed by atoms with E-state index >= 15 is 0 Å². The molecule has 144 valence electrons. The van der Waals surface area contributed by atoms with Crippen LogP contribution in [0.4, 0.5) is 13.2 Å². The van der Waals surface area contributed by atoms with Crippen LogP contribution in [0.3, 0.4) is 0 Å². The van der Waals surface area contributed by atoms with Gasteiger partial charge in [0.05, 0.1) is 11.9 Å². The summed E-state index contributed by atoms with van der Waals surface area (Å²) in [6.07, 6.45) is -4.70. The van der Waals surface area contributed by atoms with Gasteiger partial charge in [0, 0.05) is 11.9 Å². The Labute approximate surface area is 157 Å². The molecule has 0 aliphatic rings. The quantitative estimate of drug-likeness (QED) is 0.669. The number of carbonyl (C=O) groups excluding carboxylic acids is 1. The summed E-state index contributed by atoms with van der Waals surface area (Å²) >= 11 is 6.18. The van der Waals surface area contributed by atoms with Crippen molar-refractivity contribution in [2.24, 2.45) is 5.73 Å². The number of primary amides is 1. The second-order valence-corrected chi connectivity index (χ2v) is 6.92. The standard InChI is InChI=1S/C17H17ClF3N5O/c1-25(2)7-9-3-4-11-10(5-9)14-15(26(11)8-17(19,20)21)16(18)24-13(23-14)6-12(22)27/h3-5H,6-8H2,1-2H3,(H2,22,27). The maximum atomic E-state index is 13.1. The van der Waals surface area contributed by atoms with E-state index in [0.717, 1.165) is 10.1 Å². The van der Waals surface area contributed by atoms with E-state index in [2.05, 4.69) is 9.97 Å². The highest BCUT2D eigenvalue weighted by Crippen LogP contribution is 2.34. The number of nitrogens with zero attached hydrogens (tertiary/aromatic N) is 4. The highest BCUT2D eigenvalue weighted by molar-refractivity contribution is 6.34. The number of hydrogen-bond acceptors (Lipinski definition) is 4. The van der Waals surface area contributed by atoms with Crippen molar-refractivity contribution in [1.29, 1.82) is 0 Å². The Morgan fingerprint density at radius 1 is 1.30 bits per heavy atom. The lowest BCUT2D eigenvalue weighted by atomic mass is 10.1. The molecule has 10 heteroatoms. The molecule has 0 unspecified atom stereocenters. The molecule has 2 N–H and O–H groups in total. The van der Waals surface area contributed by atoms with E-state index in [1.54, 1.807) is 18.2 Å². The first-order chi connectivity index (χ1) is 12.5. The second-order valence-electron chi connectivity index (χ2n) is 6.56. The minimum absolute atomic E-state index is 0.0732. The normalized spacial score (nSPS) is 12.4. The predicted octanol–water partition coefficient (Wildman–Crippen LogP) is 2.89. The van der Waals surface area contributed by atoms with E-state index in [0.29, 0.717) is 17.4 Å². The van der Waals surface area contributed by atoms with Crippen LogP contribution in [0.25, 0.3) is 21.9 Å². The Bertz CT molecular complexity index is 1030. The van der Waals surface area contributed by atoms with Gasteiger partial charge in [-0.15, -0.1) is 0 Å². The van der Waals surface area contributed by atoms with Crippen LogP contribution < -0.4 is 5.73 Å². The van der Waals surface area contributed by atoms with E-state index in [1.165, 1.54) is 0 Å². The third-order valence-electron chi connectivity index (χ3n) is 3.93. The minimum Gasteiger partial charge on any atom is -0.369 e. The summed E-state index contributed by atoms with van der Waals surface area (Å²) in [6, 6.07) is 5.16. The molecule has 0 aliphatic carbocycles. The monoisotopic (exact) mass is 399 g/mol. The molecule has 6 nitrogen and oxygen atoms in total. The van der Waals surface area contributed by atoms with Gasteiger partial charge in [0.2, 0.25) is 5.91 Å². The van der Waals surface area contributed by atoms with Gasteiger partial charge in [-0.05, 0) is 31.8 Å². The average Bonchev–Trinajstić information content (AvgIpc) is 2.78. The van der Waals surface area contributed by atoms with Crippen molar-refractivity contribution >= 4 is 39.4 Å². The lowest BCUT2D eigenvalue weighted by molar-refractivity contribution is -0.139. The van der Waals surface area contributed by atoms with Gasteiger partial charge in [0.15, 0.2) is 5.15 Å². The molecule has 0 saturated carbocycles. The summed E-state index contributed by atoms with van der Waals surface area (Å²) in [6.45, 7) is -0.618. The molecule has 1 amide bonds. The first-order valence-corrected chi connectivity index (χ1v) is 8.40. The van der Waals surface area contributed by atoms with Gasteiger partial charge in [0.25, 0.3) is 0 Å². The smallest absolute Gasteiger partial charge is 0.369 e.